The van der Waals surface area contributed by atoms with Crippen molar-refractivity contribution >= 4 is 29.0 Å². The molecule has 198 valence electrons. The van der Waals surface area contributed by atoms with E-state index in [4.69, 9.17) is 9.47 Å². The second-order valence-electron chi connectivity index (χ2n) is 9.17. The average Bonchev–Trinajstić information content (AvgIpc) is 3.36. The molecule has 9 heteroatoms. The van der Waals surface area contributed by atoms with E-state index in [1.807, 2.05) is 62.4 Å². The Balaban J connectivity index is 1.55. The second kappa shape index (κ2) is 10.7. The highest BCUT2D eigenvalue weighted by atomic mass is 16.5. The number of fused-ring (bicyclic) bond motifs is 1. The molecule has 39 heavy (non-hydrogen) atoms. The molecule has 0 aliphatic carbocycles. The number of hydrogen-bond acceptors (Lipinski definition) is 6. The third-order valence-corrected chi connectivity index (χ3v) is 6.57. The summed E-state index contributed by atoms with van der Waals surface area (Å²) in [5.74, 6) is 1.14. The maximum atomic E-state index is 13.7. The number of carbonyl (C=O) groups excluding carboxylic acids is 2. The van der Waals surface area contributed by atoms with Gasteiger partial charge in [0.2, 0.25) is 0 Å². The third kappa shape index (κ3) is 5.06. The lowest BCUT2D eigenvalue weighted by atomic mass is 9.93. The summed E-state index contributed by atoms with van der Waals surface area (Å²) in [7, 11) is 3.17. The summed E-state index contributed by atoms with van der Waals surface area (Å²) in [5.41, 5.74) is 4.45. The predicted octanol–water partition coefficient (Wildman–Crippen LogP) is 5.39. The maximum Gasteiger partial charge on any atom is 0.261 e. The van der Waals surface area contributed by atoms with Gasteiger partial charge < -0.3 is 25.4 Å². The minimum Gasteiger partial charge on any atom is -0.497 e. The van der Waals surface area contributed by atoms with Gasteiger partial charge in [0, 0.05) is 22.6 Å². The van der Waals surface area contributed by atoms with Crippen LogP contribution in [0.3, 0.4) is 0 Å². The van der Waals surface area contributed by atoms with Crippen LogP contribution in [-0.2, 0) is 4.79 Å². The lowest BCUT2D eigenvalue weighted by Crippen LogP contribution is -2.32. The molecule has 1 aliphatic heterocycles. The zero-order valence-electron chi connectivity index (χ0n) is 22.1. The van der Waals surface area contributed by atoms with Gasteiger partial charge in [-0.15, -0.1) is 0 Å². The largest absolute Gasteiger partial charge is 0.497 e. The molecule has 0 saturated heterocycles. The van der Waals surface area contributed by atoms with Gasteiger partial charge in [0.05, 0.1) is 26.0 Å². The molecule has 2 heterocycles. The number of nitrogens with zero attached hydrogens (tertiary/aromatic N) is 2. The Labute approximate surface area is 226 Å². The highest BCUT2D eigenvalue weighted by molar-refractivity contribution is 6.09. The summed E-state index contributed by atoms with van der Waals surface area (Å²) in [6.45, 7) is 3.77. The van der Waals surface area contributed by atoms with Crippen molar-refractivity contribution in [3.8, 4) is 11.5 Å². The lowest BCUT2D eigenvalue weighted by Gasteiger charge is -2.31. The van der Waals surface area contributed by atoms with Crippen LogP contribution in [0.15, 0.2) is 90.3 Å². The SMILES string of the molecule is COc1ccc(NC(=O)C2=C(C)Nc3c(C(=O)Nc4cccc(C)c4)cnn3[C@H]2c2ccccc2OC)cc1. The zero-order chi connectivity index (χ0) is 27.5. The van der Waals surface area contributed by atoms with E-state index in [0.717, 1.165) is 11.1 Å². The van der Waals surface area contributed by atoms with Crippen molar-refractivity contribution in [1.82, 2.24) is 9.78 Å². The first-order chi connectivity index (χ1) is 18.9. The van der Waals surface area contributed by atoms with E-state index in [-0.39, 0.29) is 11.8 Å². The molecule has 2 amide bonds. The van der Waals surface area contributed by atoms with Gasteiger partial charge in [-0.3, -0.25) is 9.59 Å². The summed E-state index contributed by atoms with van der Waals surface area (Å²) in [6.07, 6.45) is 1.51. The molecule has 1 aromatic heterocycles. The summed E-state index contributed by atoms with van der Waals surface area (Å²) >= 11 is 0. The van der Waals surface area contributed by atoms with Crippen LogP contribution < -0.4 is 25.4 Å². The van der Waals surface area contributed by atoms with Gasteiger partial charge in [-0.05, 0) is 61.9 Å². The Morgan fingerprint density at radius 2 is 1.62 bits per heavy atom. The first-order valence-corrected chi connectivity index (χ1v) is 12.4. The Morgan fingerprint density at radius 1 is 0.872 bits per heavy atom. The van der Waals surface area contributed by atoms with Crippen molar-refractivity contribution in [2.24, 2.45) is 0 Å². The van der Waals surface area contributed by atoms with Crippen LogP contribution in [0.1, 0.15) is 34.5 Å². The van der Waals surface area contributed by atoms with Crippen LogP contribution in [-0.4, -0.2) is 35.8 Å². The maximum absolute atomic E-state index is 13.7. The van der Waals surface area contributed by atoms with Crippen molar-refractivity contribution in [3.63, 3.8) is 0 Å². The van der Waals surface area contributed by atoms with E-state index in [0.29, 0.717) is 45.5 Å². The topological polar surface area (TPSA) is 107 Å². The highest BCUT2D eigenvalue weighted by Crippen LogP contribution is 2.41. The smallest absolute Gasteiger partial charge is 0.261 e. The first-order valence-electron chi connectivity index (χ1n) is 12.4. The fourth-order valence-electron chi connectivity index (χ4n) is 4.69. The number of rotatable bonds is 7. The molecule has 4 aromatic rings. The molecular weight excluding hydrogens is 494 g/mol. The molecular formula is C30H29N5O4. The van der Waals surface area contributed by atoms with Gasteiger partial charge >= 0.3 is 0 Å². The van der Waals surface area contributed by atoms with Gasteiger partial charge in [-0.2, -0.15) is 5.10 Å². The molecule has 0 spiro atoms. The average molecular weight is 524 g/mol. The third-order valence-electron chi connectivity index (χ3n) is 6.57. The van der Waals surface area contributed by atoms with E-state index in [9.17, 15) is 9.59 Å². The van der Waals surface area contributed by atoms with Gasteiger partial charge in [0.15, 0.2) is 0 Å². The number of amides is 2. The van der Waals surface area contributed by atoms with E-state index in [1.54, 1.807) is 43.2 Å². The minimum atomic E-state index is -0.656. The van der Waals surface area contributed by atoms with E-state index >= 15 is 0 Å². The summed E-state index contributed by atoms with van der Waals surface area (Å²) in [6, 6.07) is 21.5. The van der Waals surface area contributed by atoms with Crippen molar-refractivity contribution < 1.29 is 19.1 Å². The molecule has 3 aromatic carbocycles. The molecule has 1 atom stereocenters. The minimum absolute atomic E-state index is 0.312. The standard InChI is InChI=1S/C30H29N5O4/c1-18-8-7-9-21(16-18)34-29(36)24-17-31-35-27(23-10-5-6-11-25(23)39-4)26(19(2)32-28(24)35)30(37)33-20-12-14-22(38-3)15-13-20/h5-17,27,32H,1-4H3,(H,33,37)(H,34,36)/t27-/m0/s1. The number of aromatic nitrogens is 2. The van der Waals surface area contributed by atoms with Crippen molar-refractivity contribution in [1.29, 1.82) is 0 Å². The molecule has 0 saturated carbocycles. The lowest BCUT2D eigenvalue weighted by molar-refractivity contribution is -0.113. The number of methoxy groups -OCH3 is 2. The van der Waals surface area contributed by atoms with E-state index in [2.05, 4.69) is 21.0 Å². The number of benzene rings is 3. The molecule has 3 N–H and O–H groups in total. The normalized spacial score (nSPS) is 14.2. The number of ether oxygens (including phenoxy) is 2. The van der Waals surface area contributed by atoms with Crippen LogP contribution in [0.4, 0.5) is 17.2 Å². The zero-order valence-corrected chi connectivity index (χ0v) is 22.1. The Bertz CT molecular complexity index is 1570. The number of carbonyl (C=O) groups is 2. The Morgan fingerprint density at radius 3 is 2.33 bits per heavy atom. The molecule has 0 unspecified atom stereocenters. The first kappa shape index (κ1) is 25.6. The van der Waals surface area contributed by atoms with E-state index < -0.39 is 6.04 Å². The number of nitrogens with one attached hydrogen (secondary N) is 3. The molecule has 0 fully saturated rings. The van der Waals surface area contributed by atoms with Crippen LogP contribution in [0.2, 0.25) is 0 Å². The number of aryl methyl sites for hydroxylation is 1. The van der Waals surface area contributed by atoms with Crippen LogP contribution >= 0.6 is 0 Å². The molecule has 1 aliphatic rings. The fraction of sp³-hybridized carbons (Fsp3) is 0.167. The Hall–Kier alpha value is -5.05. The van der Waals surface area contributed by atoms with Gasteiger partial charge in [-0.25, -0.2) is 4.68 Å². The Kier molecular flexibility index (Phi) is 7.05. The van der Waals surface area contributed by atoms with Crippen LogP contribution in [0, 0.1) is 6.92 Å². The number of hydrogen-bond donors (Lipinski definition) is 3. The second-order valence-corrected chi connectivity index (χ2v) is 9.17. The summed E-state index contributed by atoms with van der Waals surface area (Å²) in [5, 5.41) is 13.7. The number of para-hydroxylation sites is 1. The van der Waals surface area contributed by atoms with Gasteiger partial charge in [0.25, 0.3) is 11.8 Å². The molecule has 0 radical (unpaired) electrons. The molecule has 0 bridgehead atoms. The number of allylic oxidation sites excluding steroid dienone is 1. The van der Waals surface area contributed by atoms with E-state index in [1.165, 1.54) is 6.20 Å². The summed E-state index contributed by atoms with van der Waals surface area (Å²) in [4.78, 5) is 27.0. The van der Waals surface area contributed by atoms with Crippen molar-refractivity contribution in [2.75, 3.05) is 30.2 Å². The molecule has 5 rings (SSSR count). The van der Waals surface area contributed by atoms with Gasteiger partial charge in [0.1, 0.15) is 28.9 Å². The summed E-state index contributed by atoms with van der Waals surface area (Å²) < 4.78 is 12.5. The van der Waals surface area contributed by atoms with Gasteiger partial charge in [-0.1, -0.05) is 30.3 Å². The van der Waals surface area contributed by atoms with Crippen LogP contribution in [0.25, 0.3) is 0 Å². The quantitative estimate of drug-likeness (QED) is 0.300. The number of anilines is 3. The van der Waals surface area contributed by atoms with Crippen molar-refractivity contribution in [2.45, 2.75) is 19.9 Å². The van der Waals surface area contributed by atoms with Crippen molar-refractivity contribution in [3.05, 3.63) is 107 Å². The monoisotopic (exact) mass is 523 g/mol. The fourth-order valence-corrected chi connectivity index (χ4v) is 4.69. The predicted molar refractivity (Wildman–Crippen MR) is 150 cm³/mol. The highest BCUT2D eigenvalue weighted by Gasteiger charge is 2.36. The van der Waals surface area contributed by atoms with Crippen LogP contribution in [0.5, 0.6) is 11.5 Å². The molecule has 9 nitrogen and oxygen atoms in total.